The highest BCUT2D eigenvalue weighted by Crippen LogP contribution is 2.31. The topological polar surface area (TPSA) is 83.2 Å². The van der Waals surface area contributed by atoms with E-state index < -0.39 is 11.7 Å². The van der Waals surface area contributed by atoms with Gasteiger partial charge in [-0.1, -0.05) is 6.92 Å². The summed E-state index contributed by atoms with van der Waals surface area (Å²) < 4.78 is 39.2. The first-order valence-electron chi connectivity index (χ1n) is 10.7. The van der Waals surface area contributed by atoms with Gasteiger partial charge in [-0.3, -0.25) is 0 Å². The number of piperazine rings is 1. The molecule has 1 aliphatic heterocycles. The average molecular weight is 480 g/mol. The number of aromatic nitrogens is 3. The lowest BCUT2D eigenvalue weighted by atomic mass is 10.1. The Morgan fingerprint density at radius 3 is 2.55 bits per heavy atom. The molecule has 0 bridgehead atoms. The van der Waals surface area contributed by atoms with Gasteiger partial charge in [0.25, 0.3) is 0 Å². The summed E-state index contributed by atoms with van der Waals surface area (Å²) >= 11 is 6.08. The summed E-state index contributed by atoms with van der Waals surface area (Å²) in [6, 6.07) is 5.52. The Hall–Kier alpha value is -2.85. The van der Waals surface area contributed by atoms with E-state index in [4.69, 9.17) is 17.3 Å². The lowest BCUT2D eigenvalue weighted by molar-refractivity contribution is -0.137. The van der Waals surface area contributed by atoms with Crippen molar-refractivity contribution in [3.63, 3.8) is 0 Å². The molecule has 0 amide bonds. The summed E-state index contributed by atoms with van der Waals surface area (Å²) in [6.07, 6.45) is -2.45. The molecule has 4 rings (SSSR count). The van der Waals surface area contributed by atoms with Gasteiger partial charge in [-0.25, -0.2) is 15.0 Å². The van der Waals surface area contributed by atoms with Crippen molar-refractivity contribution in [3.8, 4) is 0 Å². The van der Waals surface area contributed by atoms with E-state index in [-0.39, 0.29) is 11.0 Å². The van der Waals surface area contributed by atoms with E-state index in [1.807, 2.05) is 6.07 Å². The van der Waals surface area contributed by atoms with Crippen molar-refractivity contribution in [1.82, 2.24) is 19.9 Å². The molecule has 3 aromatic rings. The molecule has 7 nitrogen and oxygen atoms in total. The molecule has 3 N–H and O–H groups in total. The zero-order chi connectivity index (χ0) is 23.6. The van der Waals surface area contributed by atoms with Crippen LogP contribution in [-0.4, -0.2) is 59.1 Å². The summed E-state index contributed by atoms with van der Waals surface area (Å²) in [5, 5.41) is 4.01. The van der Waals surface area contributed by atoms with Gasteiger partial charge in [0.15, 0.2) is 0 Å². The zero-order valence-corrected chi connectivity index (χ0v) is 18.9. The van der Waals surface area contributed by atoms with Crippen LogP contribution in [0.1, 0.15) is 18.1 Å². The van der Waals surface area contributed by atoms with Gasteiger partial charge in [0, 0.05) is 43.8 Å². The lowest BCUT2D eigenvalue weighted by Gasteiger charge is -2.34. The molecule has 1 aliphatic rings. The van der Waals surface area contributed by atoms with Gasteiger partial charge >= 0.3 is 6.18 Å². The molecule has 176 valence electrons. The van der Waals surface area contributed by atoms with Gasteiger partial charge in [0.1, 0.15) is 11.6 Å². The molecule has 0 saturated carbocycles. The molecule has 11 heteroatoms. The largest absolute Gasteiger partial charge is 0.416 e. The second kappa shape index (κ2) is 9.56. The van der Waals surface area contributed by atoms with E-state index >= 15 is 0 Å². The number of halogens is 4. The van der Waals surface area contributed by atoms with Crippen molar-refractivity contribution in [3.05, 3.63) is 46.9 Å². The van der Waals surface area contributed by atoms with Crippen LogP contribution in [0, 0.1) is 0 Å². The third kappa shape index (κ3) is 5.56. The molecule has 3 heterocycles. The number of nitrogens with zero attached hydrogens (tertiary/aromatic N) is 5. The maximum atomic E-state index is 13.1. The monoisotopic (exact) mass is 479 g/mol. The first-order chi connectivity index (χ1) is 15.7. The molecule has 0 aliphatic carbocycles. The SMILES string of the molecule is CCN1CCN(c2cc3c(NCCc4cc(N)cc(C(F)(F)F)c4)nc(Cl)nc3cn2)CC1. The van der Waals surface area contributed by atoms with Crippen LogP contribution in [-0.2, 0) is 12.6 Å². The summed E-state index contributed by atoms with van der Waals surface area (Å²) in [4.78, 5) is 17.7. The number of rotatable bonds is 6. The van der Waals surface area contributed by atoms with Crippen LogP contribution in [0.5, 0.6) is 0 Å². The van der Waals surface area contributed by atoms with E-state index in [1.54, 1.807) is 12.3 Å². The van der Waals surface area contributed by atoms with E-state index in [0.717, 1.165) is 56.1 Å². The fraction of sp³-hybridized carbons (Fsp3) is 0.409. The zero-order valence-electron chi connectivity index (χ0n) is 18.2. The fourth-order valence-corrected chi connectivity index (χ4v) is 4.12. The minimum absolute atomic E-state index is 0.0689. The van der Waals surface area contributed by atoms with Crippen LogP contribution in [0.15, 0.2) is 30.5 Å². The number of alkyl halides is 3. The number of nitrogen functional groups attached to an aromatic ring is 1. The third-order valence-corrected chi connectivity index (χ3v) is 5.90. The molecule has 33 heavy (non-hydrogen) atoms. The van der Waals surface area contributed by atoms with Crippen molar-refractivity contribution in [2.45, 2.75) is 19.5 Å². The molecule has 0 atom stereocenters. The number of nitrogens with one attached hydrogen (secondary N) is 1. The van der Waals surface area contributed by atoms with Gasteiger partial charge in [-0.2, -0.15) is 13.2 Å². The standard InChI is InChI=1S/C22H25ClF3N7/c1-2-32-5-7-33(8-6-32)19-12-17-18(13-29-19)30-21(23)31-20(17)28-4-3-14-9-15(22(24,25)26)11-16(27)10-14/h9-13H,2-8,27H2,1H3,(H,28,30,31). The number of nitrogens with two attached hydrogens (primary N) is 1. The Kier molecular flexibility index (Phi) is 6.76. The minimum Gasteiger partial charge on any atom is -0.399 e. The Balaban J connectivity index is 1.52. The van der Waals surface area contributed by atoms with Crippen molar-refractivity contribution in [2.75, 3.05) is 55.2 Å². The maximum absolute atomic E-state index is 13.1. The lowest BCUT2D eigenvalue weighted by Crippen LogP contribution is -2.46. The molecule has 0 spiro atoms. The second-order valence-corrected chi connectivity index (χ2v) is 8.30. The highest BCUT2D eigenvalue weighted by atomic mass is 35.5. The summed E-state index contributed by atoms with van der Waals surface area (Å²) in [5.41, 5.74) is 6.06. The molecule has 1 fully saturated rings. The van der Waals surface area contributed by atoms with Crippen LogP contribution in [0.3, 0.4) is 0 Å². The average Bonchev–Trinajstić information content (AvgIpc) is 2.78. The van der Waals surface area contributed by atoms with Gasteiger partial charge in [0.2, 0.25) is 5.28 Å². The Morgan fingerprint density at radius 2 is 1.85 bits per heavy atom. The van der Waals surface area contributed by atoms with Crippen LogP contribution in [0.4, 0.5) is 30.5 Å². The Bertz CT molecular complexity index is 1130. The Morgan fingerprint density at radius 1 is 1.09 bits per heavy atom. The minimum atomic E-state index is -4.44. The van der Waals surface area contributed by atoms with Crippen molar-refractivity contribution in [1.29, 1.82) is 0 Å². The van der Waals surface area contributed by atoms with E-state index in [0.29, 0.717) is 29.9 Å². The molecule has 2 aromatic heterocycles. The van der Waals surface area contributed by atoms with E-state index in [9.17, 15) is 13.2 Å². The number of hydrogen-bond donors (Lipinski definition) is 2. The number of hydrogen-bond acceptors (Lipinski definition) is 7. The normalized spacial score (nSPS) is 15.2. The highest BCUT2D eigenvalue weighted by molar-refractivity contribution is 6.28. The van der Waals surface area contributed by atoms with Gasteiger partial charge in [0.05, 0.1) is 17.3 Å². The van der Waals surface area contributed by atoms with Crippen LogP contribution >= 0.6 is 11.6 Å². The third-order valence-electron chi connectivity index (χ3n) is 5.73. The van der Waals surface area contributed by atoms with E-state index in [2.05, 4.69) is 37.0 Å². The number of anilines is 3. The van der Waals surface area contributed by atoms with Crippen LogP contribution in [0.25, 0.3) is 10.9 Å². The Labute approximate surface area is 194 Å². The first-order valence-corrected chi connectivity index (χ1v) is 11.1. The van der Waals surface area contributed by atoms with Gasteiger partial charge in [-0.05, 0) is 54.4 Å². The van der Waals surface area contributed by atoms with Crippen molar-refractivity contribution < 1.29 is 13.2 Å². The first kappa shape index (κ1) is 23.3. The molecule has 0 radical (unpaired) electrons. The fourth-order valence-electron chi connectivity index (χ4n) is 3.95. The van der Waals surface area contributed by atoms with Gasteiger partial charge < -0.3 is 20.9 Å². The predicted molar refractivity (Wildman–Crippen MR) is 125 cm³/mol. The quantitative estimate of drug-likeness (QED) is 0.407. The number of pyridine rings is 1. The summed E-state index contributed by atoms with van der Waals surface area (Å²) in [7, 11) is 0. The van der Waals surface area contributed by atoms with Crippen LogP contribution in [0.2, 0.25) is 5.28 Å². The van der Waals surface area contributed by atoms with Crippen molar-refractivity contribution in [2.24, 2.45) is 0 Å². The van der Waals surface area contributed by atoms with Crippen LogP contribution < -0.4 is 16.0 Å². The number of benzene rings is 1. The number of likely N-dealkylation sites (N-methyl/N-ethyl adjacent to an activating group) is 1. The smallest absolute Gasteiger partial charge is 0.399 e. The van der Waals surface area contributed by atoms with E-state index in [1.165, 1.54) is 0 Å². The molecule has 1 saturated heterocycles. The summed E-state index contributed by atoms with van der Waals surface area (Å²) in [6.45, 7) is 7.21. The summed E-state index contributed by atoms with van der Waals surface area (Å²) in [5.74, 6) is 1.35. The van der Waals surface area contributed by atoms with Gasteiger partial charge in [-0.15, -0.1) is 0 Å². The maximum Gasteiger partial charge on any atom is 0.416 e. The highest BCUT2D eigenvalue weighted by Gasteiger charge is 2.31. The molecular weight excluding hydrogens is 455 g/mol. The second-order valence-electron chi connectivity index (χ2n) is 7.96. The predicted octanol–water partition coefficient (Wildman–Crippen LogP) is 4.08. The molecular formula is C22H25ClF3N7. The number of fused-ring (bicyclic) bond motifs is 1. The molecule has 0 unspecified atom stereocenters. The van der Waals surface area contributed by atoms with Crippen molar-refractivity contribution >= 4 is 39.8 Å². The molecule has 1 aromatic carbocycles.